The first-order valence-electron chi connectivity index (χ1n) is 11.2. The molecule has 0 aliphatic carbocycles. The smallest absolute Gasteiger partial charge is 0.243 e. The van der Waals surface area contributed by atoms with Crippen LogP contribution >= 0.6 is 0 Å². The highest BCUT2D eigenvalue weighted by atomic mass is 16.5. The molecule has 0 aliphatic heterocycles. The van der Waals surface area contributed by atoms with E-state index in [4.69, 9.17) is 0 Å². The summed E-state index contributed by atoms with van der Waals surface area (Å²) in [5, 5.41) is 16.2. The second kappa shape index (κ2) is 13.2. The van der Waals surface area contributed by atoms with Gasteiger partial charge in [0.1, 0.15) is 6.04 Å². The molecule has 3 N–H and O–H groups in total. The van der Waals surface area contributed by atoms with Crippen molar-refractivity contribution in [3.05, 3.63) is 35.9 Å². The first-order valence-corrected chi connectivity index (χ1v) is 11.2. The summed E-state index contributed by atoms with van der Waals surface area (Å²) in [5.41, 5.74) is 0.641. The number of benzene rings is 1. The molecule has 0 heterocycles. The van der Waals surface area contributed by atoms with E-state index in [1.807, 2.05) is 70.1 Å². The zero-order chi connectivity index (χ0) is 24.3. The van der Waals surface area contributed by atoms with E-state index in [0.717, 1.165) is 12.0 Å². The second-order valence-electron chi connectivity index (χ2n) is 9.61. The number of nitrogens with one attached hydrogen (secondary N) is 2. The van der Waals surface area contributed by atoms with Crippen molar-refractivity contribution in [2.75, 3.05) is 27.2 Å². The van der Waals surface area contributed by atoms with Crippen molar-refractivity contribution in [3.63, 3.8) is 0 Å². The number of likely N-dealkylation sites (N-methyl/N-ethyl adjacent to an activating group) is 1. The average Bonchev–Trinajstić information content (AvgIpc) is 2.73. The minimum Gasteiger partial charge on any atom is -0.353 e. The van der Waals surface area contributed by atoms with E-state index in [-0.39, 0.29) is 11.8 Å². The number of hydroxylamine groups is 2. The van der Waals surface area contributed by atoms with E-state index < -0.39 is 23.4 Å². The number of hydrogen-bond acceptors (Lipinski definition) is 5. The molecule has 180 valence electrons. The van der Waals surface area contributed by atoms with Gasteiger partial charge in [0.25, 0.3) is 0 Å². The molecular weight excluding hydrogens is 408 g/mol. The monoisotopic (exact) mass is 448 g/mol. The summed E-state index contributed by atoms with van der Waals surface area (Å²) in [6.45, 7) is 8.46. The maximum Gasteiger partial charge on any atom is 0.243 e. The molecule has 0 saturated heterocycles. The van der Waals surface area contributed by atoms with Gasteiger partial charge in [0.2, 0.25) is 18.2 Å². The average molecular weight is 449 g/mol. The van der Waals surface area contributed by atoms with E-state index >= 15 is 0 Å². The molecule has 2 unspecified atom stereocenters. The Morgan fingerprint density at radius 2 is 1.75 bits per heavy atom. The van der Waals surface area contributed by atoms with Crippen LogP contribution in [0, 0.1) is 11.3 Å². The molecule has 0 spiro atoms. The third kappa shape index (κ3) is 9.36. The highest BCUT2D eigenvalue weighted by molar-refractivity contribution is 5.89. The summed E-state index contributed by atoms with van der Waals surface area (Å²) >= 11 is 0. The van der Waals surface area contributed by atoms with Gasteiger partial charge < -0.3 is 15.5 Å². The lowest BCUT2D eigenvalue weighted by Gasteiger charge is -2.33. The molecule has 8 nitrogen and oxygen atoms in total. The van der Waals surface area contributed by atoms with Crippen LogP contribution in [-0.4, -0.2) is 72.7 Å². The fourth-order valence-electron chi connectivity index (χ4n) is 3.47. The maximum absolute atomic E-state index is 13.2. The van der Waals surface area contributed by atoms with Crippen LogP contribution in [0.4, 0.5) is 0 Å². The normalized spacial score (nSPS) is 14.4. The molecular formula is C24H40N4O4. The van der Waals surface area contributed by atoms with Crippen LogP contribution in [0.3, 0.4) is 0 Å². The van der Waals surface area contributed by atoms with Crippen molar-refractivity contribution in [1.82, 2.24) is 20.6 Å². The molecule has 1 aromatic rings. The van der Waals surface area contributed by atoms with Crippen molar-refractivity contribution in [2.45, 2.75) is 59.0 Å². The number of nitrogens with zero attached hydrogens (tertiary/aromatic N) is 2. The number of rotatable bonds is 13. The third-order valence-corrected chi connectivity index (χ3v) is 5.54. The zero-order valence-electron chi connectivity index (χ0n) is 20.3. The van der Waals surface area contributed by atoms with E-state index in [1.165, 1.54) is 0 Å². The largest absolute Gasteiger partial charge is 0.353 e. The van der Waals surface area contributed by atoms with Crippen molar-refractivity contribution in [2.24, 2.45) is 11.3 Å². The van der Waals surface area contributed by atoms with Gasteiger partial charge in [-0.2, -0.15) is 0 Å². The summed E-state index contributed by atoms with van der Waals surface area (Å²) in [6.07, 6.45) is 2.25. The number of hydrogen-bond donors (Lipinski definition) is 3. The highest BCUT2D eigenvalue weighted by Gasteiger charge is 2.36. The summed E-state index contributed by atoms with van der Waals surface area (Å²) in [6, 6.07) is 8.46. The van der Waals surface area contributed by atoms with Crippen LogP contribution in [0.2, 0.25) is 0 Å². The van der Waals surface area contributed by atoms with Gasteiger partial charge in [-0.3, -0.25) is 19.6 Å². The SMILES string of the molecule is C[C@@H](C(CCCc1ccccc1)C(=O)NC(C(=O)NCCN(C)C)C(C)(C)C)N(O)C=O. The van der Waals surface area contributed by atoms with Gasteiger partial charge in [0, 0.05) is 13.1 Å². The van der Waals surface area contributed by atoms with Gasteiger partial charge in [0.15, 0.2) is 0 Å². The van der Waals surface area contributed by atoms with Gasteiger partial charge in [0.05, 0.1) is 12.0 Å². The van der Waals surface area contributed by atoms with Crippen molar-refractivity contribution in [1.29, 1.82) is 0 Å². The van der Waals surface area contributed by atoms with Gasteiger partial charge in [-0.15, -0.1) is 0 Å². The van der Waals surface area contributed by atoms with Crippen molar-refractivity contribution < 1.29 is 19.6 Å². The van der Waals surface area contributed by atoms with Gasteiger partial charge in [-0.05, 0) is 51.3 Å². The maximum atomic E-state index is 13.2. The lowest BCUT2D eigenvalue weighted by atomic mass is 9.84. The van der Waals surface area contributed by atoms with E-state index in [0.29, 0.717) is 37.4 Å². The minimum absolute atomic E-state index is 0.250. The number of carbonyl (C=O) groups is 3. The first kappa shape index (κ1) is 27.6. The Labute approximate surface area is 192 Å². The van der Waals surface area contributed by atoms with Gasteiger partial charge in [-0.1, -0.05) is 51.1 Å². The number of carbonyl (C=O) groups excluding carboxylic acids is 3. The van der Waals surface area contributed by atoms with Crippen molar-refractivity contribution in [3.8, 4) is 0 Å². The number of aryl methyl sites for hydroxylation is 1. The van der Waals surface area contributed by atoms with Crippen LogP contribution < -0.4 is 10.6 Å². The Morgan fingerprint density at radius 1 is 1.12 bits per heavy atom. The van der Waals surface area contributed by atoms with Crippen LogP contribution in [0.5, 0.6) is 0 Å². The highest BCUT2D eigenvalue weighted by Crippen LogP contribution is 2.23. The molecule has 3 amide bonds. The summed E-state index contributed by atoms with van der Waals surface area (Å²) in [5.74, 6) is -1.26. The predicted molar refractivity (Wildman–Crippen MR) is 125 cm³/mol. The first-order chi connectivity index (χ1) is 15.0. The third-order valence-electron chi connectivity index (χ3n) is 5.54. The summed E-state index contributed by atoms with van der Waals surface area (Å²) in [7, 11) is 3.84. The van der Waals surface area contributed by atoms with E-state index in [2.05, 4.69) is 10.6 Å². The lowest BCUT2D eigenvalue weighted by Crippen LogP contribution is -2.56. The molecule has 0 aromatic heterocycles. The summed E-state index contributed by atoms with van der Waals surface area (Å²) < 4.78 is 0. The van der Waals surface area contributed by atoms with Gasteiger partial charge in [-0.25, -0.2) is 5.06 Å². The molecule has 0 saturated carbocycles. The quantitative estimate of drug-likeness (QED) is 0.244. The molecule has 0 aliphatic rings. The zero-order valence-corrected chi connectivity index (χ0v) is 20.3. The van der Waals surface area contributed by atoms with Crippen LogP contribution in [0.1, 0.15) is 46.1 Å². The summed E-state index contributed by atoms with van der Waals surface area (Å²) in [4.78, 5) is 39.1. The fourth-order valence-corrected chi connectivity index (χ4v) is 3.47. The van der Waals surface area contributed by atoms with Crippen LogP contribution in [0.15, 0.2) is 30.3 Å². The minimum atomic E-state index is -0.746. The van der Waals surface area contributed by atoms with Gasteiger partial charge >= 0.3 is 0 Å². The molecule has 1 aromatic carbocycles. The van der Waals surface area contributed by atoms with Crippen molar-refractivity contribution >= 4 is 18.2 Å². The Hall–Kier alpha value is -2.45. The van der Waals surface area contributed by atoms with E-state index in [1.54, 1.807) is 6.92 Å². The molecule has 32 heavy (non-hydrogen) atoms. The molecule has 3 atom stereocenters. The Kier molecular flexibility index (Phi) is 11.4. The number of amides is 3. The van der Waals surface area contributed by atoms with E-state index in [9.17, 15) is 19.6 Å². The standard InChI is InChI=1S/C24H40N4O4/c1-18(28(32)17-29)20(14-10-13-19-11-8-7-9-12-19)22(30)26-21(24(2,3)4)23(31)25-15-16-27(5)6/h7-9,11-12,17-18,20-21,32H,10,13-16H2,1-6H3,(H,25,31)(H,26,30)/t18-,20?,21?/m0/s1. The predicted octanol–water partition coefficient (Wildman–Crippen LogP) is 2.07. The topological polar surface area (TPSA) is 102 Å². The molecule has 0 radical (unpaired) electrons. The molecule has 0 bridgehead atoms. The molecule has 8 heteroatoms. The molecule has 0 fully saturated rings. The lowest BCUT2D eigenvalue weighted by molar-refractivity contribution is -0.166. The van der Waals surface area contributed by atoms with Crippen LogP contribution in [0.25, 0.3) is 0 Å². The molecule has 1 rings (SSSR count). The second-order valence-corrected chi connectivity index (χ2v) is 9.61. The fraction of sp³-hybridized carbons (Fsp3) is 0.625. The van der Waals surface area contributed by atoms with Crippen LogP contribution in [-0.2, 0) is 20.8 Å². The Balaban J connectivity index is 2.91. The Bertz CT molecular complexity index is 718. The Morgan fingerprint density at radius 3 is 2.28 bits per heavy atom.